The van der Waals surface area contributed by atoms with Gasteiger partial charge in [-0.05, 0) is 63.4 Å². The van der Waals surface area contributed by atoms with E-state index in [1.165, 1.54) is 6.92 Å². The van der Waals surface area contributed by atoms with Gasteiger partial charge in [-0.2, -0.15) is 0 Å². The van der Waals surface area contributed by atoms with E-state index < -0.39 is 23.8 Å². The second kappa shape index (κ2) is 26.6. The second-order valence-corrected chi connectivity index (χ2v) is 11.5. The van der Waals surface area contributed by atoms with E-state index in [0.29, 0.717) is 92.6 Å². The molecule has 0 aliphatic rings. The van der Waals surface area contributed by atoms with Crippen LogP contribution in [0.4, 0.5) is 4.79 Å². The summed E-state index contributed by atoms with van der Waals surface area (Å²) in [6.07, 6.45) is 4.63. The lowest BCUT2D eigenvalue weighted by Crippen LogP contribution is -2.31. The maximum absolute atomic E-state index is 12.1. The number of nitrogens with one attached hydrogen (secondary N) is 3. The van der Waals surface area contributed by atoms with Gasteiger partial charge in [-0.15, -0.1) is 0 Å². The van der Waals surface area contributed by atoms with Crippen molar-refractivity contribution in [2.75, 3.05) is 39.3 Å². The average molecular weight is 695 g/mol. The molecule has 0 aliphatic heterocycles. The van der Waals surface area contributed by atoms with Crippen molar-refractivity contribution in [3.63, 3.8) is 0 Å². The maximum Gasteiger partial charge on any atom is 0.407 e. The Kier molecular flexibility index (Phi) is 23.2. The lowest BCUT2D eigenvalue weighted by atomic mass is 10.2. The van der Waals surface area contributed by atoms with E-state index in [0.717, 1.165) is 5.56 Å². The molecule has 1 aromatic rings. The van der Waals surface area contributed by atoms with Crippen molar-refractivity contribution in [1.82, 2.24) is 31.1 Å². The number of rotatable bonds is 26. The quantitative estimate of drug-likeness (QED) is 0.0473. The third-order valence-electron chi connectivity index (χ3n) is 7.34. The summed E-state index contributed by atoms with van der Waals surface area (Å²) >= 11 is 0. The number of nitrogens with zero attached hydrogens (tertiary/aromatic N) is 3. The van der Waals surface area contributed by atoms with Crippen LogP contribution in [0.5, 0.6) is 0 Å². The number of hydrogen-bond acceptors (Lipinski definition) is 10. The van der Waals surface area contributed by atoms with Gasteiger partial charge in [0.05, 0.1) is 0 Å². The van der Waals surface area contributed by atoms with Gasteiger partial charge in [0, 0.05) is 71.9 Å². The molecule has 0 fully saturated rings. The molecule has 0 saturated carbocycles. The number of hydroxylamine groups is 6. The lowest BCUT2D eigenvalue weighted by Gasteiger charge is -2.15. The Morgan fingerprint density at radius 3 is 1.45 bits per heavy atom. The Morgan fingerprint density at radius 1 is 0.571 bits per heavy atom. The second-order valence-electron chi connectivity index (χ2n) is 11.5. The summed E-state index contributed by atoms with van der Waals surface area (Å²) in [5.41, 5.74) is 0.893. The monoisotopic (exact) mass is 694 g/mol. The van der Waals surface area contributed by atoms with Crippen molar-refractivity contribution in [2.45, 2.75) is 97.0 Å². The topological polar surface area (TPSA) is 218 Å². The van der Waals surface area contributed by atoms with Gasteiger partial charge in [-0.25, -0.2) is 20.0 Å². The van der Waals surface area contributed by atoms with Crippen LogP contribution in [0.25, 0.3) is 0 Å². The van der Waals surface area contributed by atoms with Crippen molar-refractivity contribution in [3.8, 4) is 0 Å². The summed E-state index contributed by atoms with van der Waals surface area (Å²) in [5.74, 6) is -2.17. The van der Waals surface area contributed by atoms with Crippen LogP contribution in [0, 0.1) is 0 Å². The zero-order valence-electron chi connectivity index (χ0n) is 28.6. The van der Waals surface area contributed by atoms with Crippen LogP contribution in [-0.4, -0.2) is 106 Å². The Balaban J connectivity index is 1.98. The van der Waals surface area contributed by atoms with Crippen LogP contribution in [0.1, 0.15) is 96.0 Å². The zero-order valence-corrected chi connectivity index (χ0v) is 28.6. The molecule has 0 aliphatic carbocycles. The highest BCUT2D eigenvalue weighted by atomic mass is 16.5. The normalized spacial score (nSPS) is 10.5. The highest BCUT2D eigenvalue weighted by molar-refractivity contribution is 5.83. The van der Waals surface area contributed by atoms with Crippen molar-refractivity contribution in [1.29, 1.82) is 0 Å². The Morgan fingerprint density at radius 2 is 1.00 bits per heavy atom. The number of alkyl carbamates (subject to hydrolysis) is 1. The van der Waals surface area contributed by atoms with Gasteiger partial charge in [0.15, 0.2) is 0 Å². The summed E-state index contributed by atoms with van der Waals surface area (Å²) in [6.45, 7) is 3.07. The molecule has 276 valence electrons. The predicted molar refractivity (Wildman–Crippen MR) is 177 cm³/mol. The Bertz CT molecular complexity index is 1140. The number of ether oxygens (including phenoxy) is 1. The van der Waals surface area contributed by atoms with E-state index in [4.69, 9.17) is 4.74 Å². The molecule has 6 amide bonds. The van der Waals surface area contributed by atoms with Crippen LogP contribution >= 0.6 is 0 Å². The van der Waals surface area contributed by atoms with E-state index in [-0.39, 0.29) is 63.7 Å². The van der Waals surface area contributed by atoms with Crippen molar-refractivity contribution >= 4 is 35.6 Å². The fourth-order valence-corrected chi connectivity index (χ4v) is 4.39. The van der Waals surface area contributed by atoms with Gasteiger partial charge in [-0.1, -0.05) is 30.3 Å². The Labute approximate surface area is 288 Å². The number of hydrogen-bond donors (Lipinski definition) is 6. The Hall–Kier alpha value is -4.28. The molecule has 0 saturated heterocycles. The number of carbonyl (C=O) groups excluding carboxylic acids is 6. The van der Waals surface area contributed by atoms with Gasteiger partial charge in [0.1, 0.15) is 6.61 Å². The molecule has 49 heavy (non-hydrogen) atoms. The first-order valence-corrected chi connectivity index (χ1v) is 16.9. The van der Waals surface area contributed by atoms with Crippen LogP contribution < -0.4 is 16.0 Å². The van der Waals surface area contributed by atoms with Gasteiger partial charge in [0.2, 0.25) is 29.5 Å². The molecule has 16 heteroatoms. The van der Waals surface area contributed by atoms with Gasteiger partial charge < -0.3 is 20.7 Å². The minimum absolute atomic E-state index is 0.0550. The SMILES string of the molecule is CC(=O)N(O)CCCCCNC(=O)CCC(=O)N(O)CCCCCNC(=O)CCC(=O)N(O)CCCCCNC(=O)OCc1ccccc1. The first kappa shape index (κ1) is 42.7. The van der Waals surface area contributed by atoms with Crippen LogP contribution in [0.2, 0.25) is 0 Å². The van der Waals surface area contributed by atoms with Crippen molar-refractivity contribution < 1.29 is 49.1 Å². The third kappa shape index (κ3) is 22.8. The first-order valence-electron chi connectivity index (χ1n) is 16.9. The minimum atomic E-state index is -0.563. The molecule has 16 nitrogen and oxygen atoms in total. The molecule has 0 radical (unpaired) electrons. The molecule has 0 atom stereocenters. The van der Waals surface area contributed by atoms with Crippen LogP contribution in [-0.2, 0) is 35.3 Å². The highest BCUT2D eigenvalue weighted by Crippen LogP contribution is 2.04. The number of unbranched alkanes of at least 4 members (excludes halogenated alkanes) is 6. The molecular formula is C33H54N6O10. The van der Waals surface area contributed by atoms with Gasteiger partial charge >= 0.3 is 6.09 Å². The van der Waals surface area contributed by atoms with E-state index in [2.05, 4.69) is 16.0 Å². The van der Waals surface area contributed by atoms with E-state index in [1.54, 1.807) is 0 Å². The van der Waals surface area contributed by atoms with Crippen molar-refractivity contribution in [3.05, 3.63) is 35.9 Å². The van der Waals surface area contributed by atoms with Crippen LogP contribution in [0.3, 0.4) is 0 Å². The summed E-state index contributed by atoms with van der Waals surface area (Å²) in [5, 5.41) is 39.0. The lowest BCUT2D eigenvalue weighted by molar-refractivity contribution is -0.166. The standard InChI is InChI=1S/C33H54N6O10/c1-27(40)37(46)23-11-3-8-20-34-29(41)16-18-31(43)38(47)24-12-4-9-21-35-30(42)17-19-32(44)39(48)25-13-5-10-22-36-33(45)49-26-28-14-6-2-7-15-28/h2,6-7,14-15,46-48H,3-5,8-13,16-26H2,1H3,(H,34,41)(H,35,42)(H,36,45). The highest BCUT2D eigenvalue weighted by Gasteiger charge is 2.14. The van der Waals surface area contributed by atoms with E-state index in [1.807, 2.05) is 30.3 Å². The molecular weight excluding hydrogens is 640 g/mol. The fraction of sp³-hybridized carbons (Fsp3) is 0.636. The summed E-state index contributed by atoms with van der Waals surface area (Å²) in [7, 11) is 0. The van der Waals surface area contributed by atoms with Crippen molar-refractivity contribution in [2.24, 2.45) is 0 Å². The molecule has 0 aromatic heterocycles. The molecule has 0 heterocycles. The fourth-order valence-electron chi connectivity index (χ4n) is 4.39. The van der Waals surface area contributed by atoms with Crippen LogP contribution in [0.15, 0.2) is 30.3 Å². The van der Waals surface area contributed by atoms with Gasteiger partial charge in [-0.3, -0.25) is 39.6 Å². The first-order chi connectivity index (χ1) is 23.5. The third-order valence-corrected chi connectivity index (χ3v) is 7.34. The number of benzene rings is 1. The molecule has 1 rings (SSSR count). The molecule has 0 unspecified atom stereocenters. The molecule has 6 N–H and O–H groups in total. The summed E-state index contributed by atoms with van der Waals surface area (Å²) < 4.78 is 5.13. The molecule has 0 spiro atoms. The smallest absolute Gasteiger partial charge is 0.407 e. The zero-order chi connectivity index (χ0) is 36.3. The minimum Gasteiger partial charge on any atom is -0.445 e. The van der Waals surface area contributed by atoms with E-state index >= 15 is 0 Å². The van der Waals surface area contributed by atoms with E-state index in [9.17, 15) is 44.4 Å². The number of carbonyl (C=O) groups is 6. The largest absolute Gasteiger partial charge is 0.445 e. The number of amides is 6. The predicted octanol–water partition coefficient (Wildman–Crippen LogP) is 2.89. The van der Waals surface area contributed by atoms with Gasteiger partial charge in [0.25, 0.3) is 0 Å². The average Bonchev–Trinajstić information content (AvgIpc) is 3.09. The summed E-state index contributed by atoms with van der Waals surface area (Å²) in [6, 6.07) is 9.33. The molecule has 0 bridgehead atoms. The molecule has 1 aromatic carbocycles. The maximum atomic E-state index is 12.1. The summed E-state index contributed by atoms with van der Waals surface area (Å²) in [4.78, 5) is 70.8.